The van der Waals surface area contributed by atoms with Crippen molar-refractivity contribution in [3.05, 3.63) is 0 Å². The van der Waals surface area contributed by atoms with Gasteiger partial charge in [0.05, 0.1) is 6.61 Å². The van der Waals surface area contributed by atoms with Crippen molar-refractivity contribution < 1.29 is 35.4 Å². The second-order valence-corrected chi connectivity index (χ2v) is 2.55. The topological polar surface area (TPSA) is 138 Å². The number of aliphatic hydroxyl groups excluding tert-OH is 4. The van der Waals surface area contributed by atoms with E-state index in [1.807, 2.05) is 0 Å². The molecule has 0 unspecified atom stereocenters. The van der Waals surface area contributed by atoms with Crippen LogP contribution in [0.4, 0.5) is 0 Å². The number of rotatable bonds is 5. The van der Waals surface area contributed by atoms with Gasteiger partial charge in [0.2, 0.25) is 5.79 Å². The smallest absolute Gasteiger partial charge is 0.221 e. The first-order chi connectivity index (χ1) is 5.87. The largest absolute Gasteiger partial charge is 0.393 e. The van der Waals surface area contributed by atoms with E-state index in [1.54, 1.807) is 0 Å². The Bertz CT molecular complexity index is 168. The molecule has 0 aliphatic rings. The standard InChI is InChI=1S/C6H12O7/c7-1-3(9)5(11)6(12,13)4(10)2-8/h1,3-5,8-13H,2H2/t3-,4+,5+/m0/s1. The summed E-state index contributed by atoms with van der Waals surface area (Å²) in [5.41, 5.74) is 0. The van der Waals surface area contributed by atoms with E-state index in [9.17, 15) is 4.79 Å². The summed E-state index contributed by atoms with van der Waals surface area (Å²) in [4.78, 5) is 9.93. The second-order valence-electron chi connectivity index (χ2n) is 2.55. The molecule has 13 heavy (non-hydrogen) atoms. The lowest BCUT2D eigenvalue weighted by Crippen LogP contribution is -2.58. The van der Waals surface area contributed by atoms with Crippen molar-refractivity contribution in [1.82, 2.24) is 0 Å². The third kappa shape index (κ3) is 2.69. The molecule has 6 N–H and O–H groups in total. The van der Waals surface area contributed by atoms with Crippen molar-refractivity contribution >= 4 is 6.29 Å². The lowest BCUT2D eigenvalue weighted by atomic mass is 10.00. The van der Waals surface area contributed by atoms with Crippen LogP contribution in [0.1, 0.15) is 0 Å². The van der Waals surface area contributed by atoms with E-state index in [4.69, 9.17) is 30.6 Å². The van der Waals surface area contributed by atoms with Crippen LogP contribution in [0.15, 0.2) is 0 Å². The molecule has 7 heteroatoms. The second kappa shape index (κ2) is 4.61. The van der Waals surface area contributed by atoms with Gasteiger partial charge < -0.3 is 35.4 Å². The van der Waals surface area contributed by atoms with Gasteiger partial charge >= 0.3 is 0 Å². The number of aliphatic hydroxyl groups is 6. The van der Waals surface area contributed by atoms with Gasteiger partial charge in [-0.3, -0.25) is 0 Å². The molecule has 78 valence electrons. The summed E-state index contributed by atoms with van der Waals surface area (Å²) >= 11 is 0. The molecule has 0 fully saturated rings. The molecule has 7 nitrogen and oxygen atoms in total. The monoisotopic (exact) mass is 196 g/mol. The zero-order valence-electron chi connectivity index (χ0n) is 6.61. The number of carbonyl (C=O) groups excluding carboxylic acids is 1. The highest BCUT2D eigenvalue weighted by molar-refractivity contribution is 5.56. The first kappa shape index (κ1) is 12.4. The van der Waals surface area contributed by atoms with Gasteiger partial charge in [-0.05, 0) is 0 Å². The maximum Gasteiger partial charge on any atom is 0.221 e. The number of carbonyl (C=O) groups is 1. The highest BCUT2D eigenvalue weighted by atomic mass is 16.5. The summed E-state index contributed by atoms with van der Waals surface area (Å²) in [5.74, 6) is -3.13. The predicted molar refractivity (Wildman–Crippen MR) is 38.3 cm³/mol. The first-order valence-electron chi connectivity index (χ1n) is 3.43. The minimum atomic E-state index is -3.13. The van der Waals surface area contributed by atoms with E-state index in [2.05, 4.69) is 0 Å². The van der Waals surface area contributed by atoms with Crippen LogP contribution in [-0.2, 0) is 4.79 Å². The van der Waals surface area contributed by atoms with Crippen LogP contribution in [0.2, 0.25) is 0 Å². The minimum Gasteiger partial charge on any atom is -0.393 e. The molecule has 0 aliphatic carbocycles. The van der Waals surface area contributed by atoms with Gasteiger partial charge in [-0.1, -0.05) is 0 Å². The first-order valence-corrected chi connectivity index (χ1v) is 3.43. The Morgan fingerprint density at radius 3 is 2.00 bits per heavy atom. The molecule has 0 heterocycles. The Morgan fingerprint density at radius 1 is 1.23 bits per heavy atom. The summed E-state index contributed by atoms with van der Waals surface area (Å²) < 4.78 is 0. The molecule has 0 radical (unpaired) electrons. The number of hydrogen-bond acceptors (Lipinski definition) is 7. The van der Waals surface area contributed by atoms with E-state index in [0.29, 0.717) is 0 Å². The van der Waals surface area contributed by atoms with Crippen LogP contribution in [0.3, 0.4) is 0 Å². The summed E-state index contributed by atoms with van der Waals surface area (Å²) in [6.07, 6.45) is -6.53. The fraction of sp³-hybridized carbons (Fsp3) is 0.833. The molecule has 0 saturated heterocycles. The quantitative estimate of drug-likeness (QED) is 0.194. The van der Waals surface area contributed by atoms with E-state index in [1.165, 1.54) is 0 Å². The third-order valence-corrected chi connectivity index (χ3v) is 1.56. The molecule has 0 aromatic rings. The van der Waals surface area contributed by atoms with Gasteiger partial charge in [0.1, 0.15) is 18.3 Å². The Labute approximate surface area is 73.5 Å². The van der Waals surface area contributed by atoms with Gasteiger partial charge in [0, 0.05) is 0 Å². The molecular formula is C6H12O7. The molecule has 0 aliphatic heterocycles. The van der Waals surface area contributed by atoms with Crippen molar-refractivity contribution in [1.29, 1.82) is 0 Å². The zero-order valence-corrected chi connectivity index (χ0v) is 6.61. The summed E-state index contributed by atoms with van der Waals surface area (Å²) in [7, 11) is 0. The van der Waals surface area contributed by atoms with Gasteiger partial charge in [0.15, 0.2) is 6.29 Å². The van der Waals surface area contributed by atoms with Gasteiger partial charge in [-0.15, -0.1) is 0 Å². The highest BCUT2D eigenvalue weighted by Crippen LogP contribution is 2.14. The molecule has 0 spiro atoms. The van der Waals surface area contributed by atoms with Crippen LogP contribution in [0.5, 0.6) is 0 Å². The van der Waals surface area contributed by atoms with E-state index in [0.717, 1.165) is 0 Å². The average Bonchev–Trinajstić information content (AvgIpc) is 2.13. The molecule has 0 rings (SSSR count). The lowest BCUT2D eigenvalue weighted by molar-refractivity contribution is -0.291. The van der Waals surface area contributed by atoms with Crippen LogP contribution in [0.25, 0.3) is 0 Å². The van der Waals surface area contributed by atoms with E-state index in [-0.39, 0.29) is 6.29 Å². The van der Waals surface area contributed by atoms with Crippen molar-refractivity contribution in [2.45, 2.75) is 24.1 Å². The maximum atomic E-state index is 9.93. The molecule has 0 bridgehead atoms. The average molecular weight is 196 g/mol. The normalized spacial score (nSPS) is 19.2. The molecule has 3 atom stereocenters. The van der Waals surface area contributed by atoms with E-state index < -0.39 is 30.7 Å². The summed E-state index contributed by atoms with van der Waals surface area (Å²) in [6.45, 7) is -1.03. The fourth-order valence-electron chi connectivity index (χ4n) is 0.657. The Morgan fingerprint density at radius 2 is 1.69 bits per heavy atom. The third-order valence-electron chi connectivity index (χ3n) is 1.56. The molecule has 0 aromatic heterocycles. The zero-order chi connectivity index (χ0) is 10.6. The molecule has 0 amide bonds. The van der Waals surface area contributed by atoms with Crippen LogP contribution in [-0.4, -0.2) is 67.6 Å². The van der Waals surface area contributed by atoms with Gasteiger partial charge in [-0.2, -0.15) is 0 Å². The maximum absolute atomic E-state index is 9.93. The predicted octanol–water partition coefficient (Wildman–Crippen LogP) is -4.06. The molecule has 0 saturated carbocycles. The SMILES string of the molecule is O=C[C@H](O)[C@@H](O)C(O)(O)[C@H](O)CO. The van der Waals surface area contributed by atoms with Crippen LogP contribution < -0.4 is 0 Å². The summed E-state index contributed by atoms with van der Waals surface area (Å²) in [6, 6.07) is 0. The van der Waals surface area contributed by atoms with Gasteiger partial charge in [-0.25, -0.2) is 0 Å². The van der Waals surface area contributed by atoms with E-state index >= 15 is 0 Å². The van der Waals surface area contributed by atoms with Crippen molar-refractivity contribution in [2.24, 2.45) is 0 Å². The Kier molecular flexibility index (Phi) is 4.40. The van der Waals surface area contributed by atoms with Crippen LogP contribution >= 0.6 is 0 Å². The molecule has 0 aromatic carbocycles. The van der Waals surface area contributed by atoms with Crippen molar-refractivity contribution in [2.75, 3.05) is 6.61 Å². The van der Waals surface area contributed by atoms with Crippen molar-refractivity contribution in [3.8, 4) is 0 Å². The Balaban J connectivity index is 4.51. The number of aldehydes is 1. The Hall–Kier alpha value is -0.570. The summed E-state index contributed by atoms with van der Waals surface area (Å²) in [5, 5.41) is 52.5. The van der Waals surface area contributed by atoms with Crippen LogP contribution in [0, 0.1) is 0 Å². The van der Waals surface area contributed by atoms with Gasteiger partial charge in [0.25, 0.3) is 0 Å². The lowest BCUT2D eigenvalue weighted by Gasteiger charge is -2.31. The van der Waals surface area contributed by atoms with Crippen molar-refractivity contribution in [3.63, 3.8) is 0 Å². The number of hydrogen-bond donors (Lipinski definition) is 6. The highest BCUT2D eigenvalue weighted by Gasteiger charge is 2.44. The minimum absolute atomic E-state index is 0.129. The molecular weight excluding hydrogens is 184 g/mol. The fourth-order valence-corrected chi connectivity index (χ4v) is 0.657.